The third-order valence-electron chi connectivity index (χ3n) is 4.74. The summed E-state index contributed by atoms with van der Waals surface area (Å²) in [4.78, 5) is 10.8. The van der Waals surface area contributed by atoms with Gasteiger partial charge >= 0.3 is 5.97 Å². The van der Waals surface area contributed by atoms with Crippen LogP contribution in [0.25, 0.3) is 0 Å². The normalized spacial score (nSPS) is 21.2. The molecule has 0 aromatic heterocycles. The minimum absolute atomic E-state index is 0.0369. The lowest BCUT2D eigenvalue weighted by Crippen LogP contribution is -2.36. The molecule has 20 heavy (non-hydrogen) atoms. The molecule has 1 atom stereocenters. The molecule has 1 N–H and O–H groups in total. The van der Waals surface area contributed by atoms with Gasteiger partial charge in [-0.1, -0.05) is 25.5 Å². The molecule has 1 heterocycles. The fourth-order valence-electron chi connectivity index (χ4n) is 3.61. The van der Waals surface area contributed by atoms with Crippen LogP contribution in [0.2, 0.25) is 0 Å². The Labute approximate surface area is 120 Å². The monoisotopic (exact) mass is 274 g/mol. The fourth-order valence-corrected chi connectivity index (χ4v) is 3.61. The zero-order valence-corrected chi connectivity index (χ0v) is 12.0. The number of fused-ring (bicyclic) bond motifs is 1. The van der Waals surface area contributed by atoms with Crippen molar-refractivity contribution < 1.29 is 14.6 Å². The van der Waals surface area contributed by atoms with Crippen LogP contribution in [0, 0.1) is 0 Å². The Hall–Kier alpha value is -1.51. The summed E-state index contributed by atoms with van der Waals surface area (Å²) in [6, 6.07) is 6.22. The number of hydrogen-bond donors (Lipinski definition) is 1. The van der Waals surface area contributed by atoms with Gasteiger partial charge in [0.15, 0.2) is 0 Å². The number of carbonyl (C=O) groups is 1. The van der Waals surface area contributed by atoms with Crippen molar-refractivity contribution in [1.29, 1.82) is 0 Å². The van der Waals surface area contributed by atoms with E-state index in [1.54, 1.807) is 0 Å². The molecule has 1 saturated carbocycles. The van der Waals surface area contributed by atoms with Gasteiger partial charge in [0, 0.05) is 6.42 Å². The van der Waals surface area contributed by atoms with Gasteiger partial charge in [0.25, 0.3) is 0 Å². The molecule has 3 heteroatoms. The van der Waals surface area contributed by atoms with Gasteiger partial charge in [-0.25, -0.2) is 0 Å². The molecule has 0 radical (unpaired) electrons. The van der Waals surface area contributed by atoms with Crippen molar-refractivity contribution in [3.8, 4) is 5.75 Å². The van der Waals surface area contributed by atoms with Crippen LogP contribution in [0.5, 0.6) is 5.75 Å². The Bertz CT molecular complexity index is 515. The van der Waals surface area contributed by atoms with E-state index in [-0.39, 0.29) is 17.9 Å². The van der Waals surface area contributed by atoms with Crippen molar-refractivity contribution >= 4 is 5.97 Å². The molecule has 0 saturated heterocycles. The molecule has 108 valence electrons. The first-order valence-corrected chi connectivity index (χ1v) is 7.62. The van der Waals surface area contributed by atoms with E-state index in [4.69, 9.17) is 9.84 Å². The van der Waals surface area contributed by atoms with E-state index in [0.29, 0.717) is 0 Å². The second-order valence-electron chi connectivity index (χ2n) is 6.39. The highest BCUT2D eigenvalue weighted by molar-refractivity contribution is 5.68. The van der Waals surface area contributed by atoms with Gasteiger partial charge in [-0.2, -0.15) is 0 Å². The molecule has 3 nitrogen and oxygen atoms in total. The first-order chi connectivity index (χ1) is 9.58. The maximum Gasteiger partial charge on any atom is 0.303 e. The zero-order valence-electron chi connectivity index (χ0n) is 12.0. The SMILES string of the molecule is CC(CC(=O)O)c1ccc2c(c1)CC1(CCCCC1)O2. The molecule has 1 spiro atoms. The minimum Gasteiger partial charge on any atom is -0.487 e. The van der Waals surface area contributed by atoms with Crippen molar-refractivity contribution in [2.75, 3.05) is 0 Å². The largest absolute Gasteiger partial charge is 0.487 e. The second-order valence-corrected chi connectivity index (χ2v) is 6.39. The quantitative estimate of drug-likeness (QED) is 0.909. The van der Waals surface area contributed by atoms with Crippen LogP contribution in [-0.2, 0) is 11.2 Å². The Morgan fingerprint density at radius 2 is 2.10 bits per heavy atom. The van der Waals surface area contributed by atoms with Crippen molar-refractivity contribution in [2.45, 2.75) is 63.4 Å². The molecule has 3 rings (SSSR count). The van der Waals surface area contributed by atoms with Gasteiger partial charge in [-0.05, 0) is 48.8 Å². The molecule has 2 aliphatic rings. The average molecular weight is 274 g/mol. The van der Waals surface area contributed by atoms with E-state index in [1.807, 2.05) is 19.1 Å². The molecular formula is C17H22O3. The van der Waals surface area contributed by atoms with Crippen LogP contribution in [-0.4, -0.2) is 16.7 Å². The van der Waals surface area contributed by atoms with Gasteiger partial charge in [-0.3, -0.25) is 4.79 Å². The topological polar surface area (TPSA) is 46.5 Å². The average Bonchev–Trinajstić information content (AvgIpc) is 2.75. The van der Waals surface area contributed by atoms with Crippen molar-refractivity contribution in [2.24, 2.45) is 0 Å². The highest BCUT2D eigenvalue weighted by atomic mass is 16.5. The smallest absolute Gasteiger partial charge is 0.303 e. The molecule has 1 aromatic carbocycles. The Morgan fingerprint density at radius 1 is 1.35 bits per heavy atom. The van der Waals surface area contributed by atoms with Crippen molar-refractivity contribution in [1.82, 2.24) is 0 Å². The van der Waals surface area contributed by atoms with Crippen molar-refractivity contribution in [3.63, 3.8) is 0 Å². The third-order valence-corrected chi connectivity index (χ3v) is 4.74. The highest BCUT2D eigenvalue weighted by Gasteiger charge is 2.40. The molecule has 1 fully saturated rings. The maximum absolute atomic E-state index is 10.8. The molecule has 1 aliphatic carbocycles. The number of carboxylic acid groups (broad SMARTS) is 1. The first kappa shape index (κ1) is 13.5. The van der Waals surface area contributed by atoms with E-state index < -0.39 is 5.97 Å². The van der Waals surface area contributed by atoms with Crippen molar-refractivity contribution in [3.05, 3.63) is 29.3 Å². The third kappa shape index (κ3) is 2.54. The summed E-state index contributed by atoms with van der Waals surface area (Å²) in [6.07, 6.45) is 7.33. The summed E-state index contributed by atoms with van der Waals surface area (Å²) in [5, 5.41) is 8.91. The zero-order chi connectivity index (χ0) is 14.2. The van der Waals surface area contributed by atoms with Crippen LogP contribution >= 0.6 is 0 Å². The lowest BCUT2D eigenvalue weighted by molar-refractivity contribution is -0.137. The standard InChI is InChI=1S/C17H22O3/c1-12(9-16(18)19)13-5-6-15-14(10-13)11-17(20-15)7-3-2-4-8-17/h5-6,10,12H,2-4,7-9,11H2,1H3,(H,18,19). The van der Waals surface area contributed by atoms with Gasteiger partial charge in [0.05, 0.1) is 6.42 Å². The Morgan fingerprint density at radius 3 is 2.80 bits per heavy atom. The summed E-state index contributed by atoms with van der Waals surface area (Å²) >= 11 is 0. The van der Waals surface area contributed by atoms with Gasteiger partial charge < -0.3 is 9.84 Å². The van der Waals surface area contributed by atoms with Gasteiger partial charge in [0.2, 0.25) is 0 Å². The predicted octanol–water partition coefficient (Wildman–Crippen LogP) is 3.90. The van der Waals surface area contributed by atoms with E-state index in [2.05, 4.69) is 6.07 Å². The second kappa shape index (κ2) is 5.12. The molecule has 1 aromatic rings. The van der Waals surface area contributed by atoms with E-state index in [1.165, 1.54) is 24.8 Å². The van der Waals surface area contributed by atoms with E-state index in [0.717, 1.165) is 30.6 Å². The molecule has 0 bridgehead atoms. The molecule has 0 amide bonds. The van der Waals surface area contributed by atoms with Crippen LogP contribution in [0.15, 0.2) is 18.2 Å². The summed E-state index contributed by atoms with van der Waals surface area (Å²) in [6.45, 7) is 1.97. The number of rotatable bonds is 3. The van der Waals surface area contributed by atoms with E-state index in [9.17, 15) is 4.79 Å². The molecule has 1 unspecified atom stereocenters. The van der Waals surface area contributed by atoms with Gasteiger partial charge in [-0.15, -0.1) is 0 Å². The lowest BCUT2D eigenvalue weighted by atomic mass is 9.81. The number of carboxylic acids is 1. The van der Waals surface area contributed by atoms with E-state index >= 15 is 0 Å². The predicted molar refractivity (Wildman–Crippen MR) is 77.3 cm³/mol. The highest BCUT2D eigenvalue weighted by Crippen LogP contribution is 2.44. The summed E-state index contributed by atoms with van der Waals surface area (Å²) in [7, 11) is 0. The molecule has 1 aliphatic heterocycles. The molecular weight excluding hydrogens is 252 g/mol. The van der Waals surface area contributed by atoms with Crippen LogP contribution in [0.4, 0.5) is 0 Å². The Balaban J connectivity index is 1.79. The minimum atomic E-state index is -0.738. The summed E-state index contributed by atoms with van der Waals surface area (Å²) < 4.78 is 6.23. The number of hydrogen-bond acceptors (Lipinski definition) is 2. The number of benzene rings is 1. The summed E-state index contributed by atoms with van der Waals surface area (Å²) in [5.41, 5.74) is 2.42. The maximum atomic E-state index is 10.8. The Kier molecular flexibility index (Phi) is 3.45. The summed E-state index contributed by atoms with van der Waals surface area (Å²) in [5.74, 6) is 0.330. The number of aliphatic carboxylic acids is 1. The van der Waals surface area contributed by atoms with Crippen LogP contribution < -0.4 is 4.74 Å². The van der Waals surface area contributed by atoms with Crippen LogP contribution in [0.1, 0.15) is 62.5 Å². The first-order valence-electron chi connectivity index (χ1n) is 7.62. The lowest BCUT2D eigenvalue weighted by Gasteiger charge is -2.32. The number of ether oxygens (including phenoxy) is 1. The van der Waals surface area contributed by atoms with Crippen LogP contribution in [0.3, 0.4) is 0 Å². The fraction of sp³-hybridized carbons (Fsp3) is 0.588. The van der Waals surface area contributed by atoms with Gasteiger partial charge in [0.1, 0.15) is 11.4 Å².